The number of hydrogen-bond donors (Lipinski definition) is 1. The van der Waals surface area contributed by atoms with Crippen molar-refractivity contribution < 1.29 is 28.9 Å². The van der Waals surface area contributed by atoms with Crippen molar-refractivity contribution in [2.75, 3.05) is 7.11 Å². The van der Waals surface area contributed by atoms with Crippen molar-refractivity contribution in [3.63, 3.8) is 0 Å². The smallest absolute Gasteiger partial charge is 0.309 e. The summed E-state index contributed by atoms with van der Waals surface area (Å²) in [6.45, 7) is 1.86. The van der Waals surface area contributed by atoms with E-state index in [-0.39, 0.29) is 35.6 Å². The fourth-order valence-electron chi connectivity index (χ4n) is 5.10. The van der Waals surface area contributed by atoms with Gasteiger partial charge in [0.2, 0.25) is 0 Å². The molecule has 1 fully saturated rings. The molecule has 0 amide bonds. The van der Waals surface area contributed by atoms with Crippen LogP contribution < -0.4 is 9.47 Å². The molecule has 0 saturated carbocycles. The average molecular weight is 518 g/mol. The number of rotatable bonds is 8. The number of methoxy groups -OCH3 is 1. The molecule has 0 aliphatic carbocycles. The lowest BCUT2D eigenvalue weighted by Gasteiger charge is -2.34. The molecule has 2 heterocycles. The number of esters is 1. The Balaban J connectivity index is 1.53. The van der Waals surface area contributed by atoms with Gasteiger partial charge >= 0.3 is 5.97 Å². The van der Waals surface area contributed by atoms with E-state index in [0.717, 1.165) is 31.4 Å². The third-order valence-electron chi connectivity index (χ3n) is 7.10. The molecule has 0 bridgehead atoms. The van der Waals surface area contributed by atoms with Crippen LogP contribution in [0.5, 0.6) is 17.2 Å². The summed E-state index contributed by atoms with van der Waals surface area (Å²) in [5.74, 6) is -0.793. The zero-order chi connectivity index (χ0) is 26.9. The van der Waals surface area contributed by atoms with E-state index < -0.39 is 23.8 Å². The number of cyclic esters (lactones) is 1. The summed E-state index contributed by atoms with van der Waals surface area (Å²) in [4.78, 5) is 30.4. The molecule has 4 atom stereocenters. The third kappa shape index (κ3) is 6.91. The van der Waals surface area contributed by atoms with Gasteiger partial charge in [-0.1, -0.05) is 61.4 Å². The first kappa shape index (κ1) is 27.2. The highest BCUT2D eigenvalue weighted by Crippen LogP contribution is 2.32. The van der Waals surface area contributed by atoms with Gasteiger partial charge in [-0.3, -0.25) is 9.59 Å². The number of Topliss-reactive ketones (excluding diaryl/α,β-unsaturated/α-hetero) is 1. The number of pyridine rings is 1. The van der Waals surface area contributed by atoms with Crippen LogP contribution in [0.2, 0.25) is 0 Å². The first-order valence-corrected chi connectivity index (χ1v) is 13.2. The van der Waals surface area contributed by atoms with E-state index in [0.29, 0.717) is 6.42 Å². The van der Waals surface area contributed by atoms with E-state index in [9.17, 15) is 14.7 Å². The summed E-state index contributed by atoms with van der Waals surface area (Å²) in [5, 5.41) is 10.4. The molecule has 1 aromatic heterocycles. The molecule has 0 unspecified atom stereocenters. The predicted octanol–water partition coefficient (Wildman–Crippen LogP) is 5.80. The topological polar surface area (TPSA) is 95.0 Å². The van der Waals surface area contributed by atoms with Crippen molar-refractivity contribution in [1.29, 1.82) is 0 Å². The maximum atomic E-state index is 13.3. The minimum atomic E-state index is -0.639. The van der Waals surface area contributed by atoms with Gasteiger partial charge in [0, 0.05) is 24.6 Å². The van der Waals surface area contributed by atoms with Gasteiger partial charge in [-0.05, 0) is 43.9 Å². The standard InChI is InChI=1S/C31H35NO6/c1-21-30(38-25-15-7-4-8-16-25)23(19-22-11-5-3-6-12-22)13-9-10-14-24(31(35)37-21)20-26(33)28-29(34)27(36-2)17-18-32-28/h3-8,11-12,15-18,21,23-24,30,34H,9-10,13-14,19-20H2,1-2H3/t21-,23+,24+,30-/m0/s1. The Morgan fingerprint density at radius 2 is 1.71 bits per heavy atom. The van der Waals surface area contributed by atoms with E-state index in [1.165, 1.54) is 24.9 Å². The molecule has 1 aliphatic rings. The highest BCUT2D eigenvalue weighted by molar-refractivity contribution is 5.99. The highest BCUT2D eigenvalue weighted by Gasteiger charge is 2.35. The summed E-state index contributed by atoms with van der Waals surface area (Å²) >= 11 is 0. The lowest BCUT2D eigenvalue weighted by Crippen LogP contribution is -2.42. The lowest BCUT2D eigenvalue weighted by atomic mass is 9.85. The Morgan fingerprint density at radius 1 is 1.03 bits per heavy atom. The normalized spacial score (nSPS) is 22.2. The van der Waals surface area contributed by atoms with Gasteiger partial charge in [0.1, 0.15) is 18.0 Å². The van der Waals surface area contributed by atoms with Gasteiger partial charge in [-0.15, -0.1) is 0 Å². The molecule has 7 nitrogen and oxygen atoms in total. The number of para-hydroxylation sites is 1. The zero-order valence-electron chi connectivity index (χ0n) is 21.9. The van der Waals surface area contributed by atoms with Crippen LogP contribution in [0.4, 0.5) is 0 Å². The van der Waals surface area contributed by atoms with Crippen LogP contribution in [0.15, 0.2) is 72.9 Å². The number of carbonyl (C=O) groups is 2. The van der Waals surface area contributed by atoms with Crippen LogP contribution in [0.25, 0.3) is 0 Å². The second-order valence-electron chi connectivity index (χ2n) is 9.81. The maximum absolute atomic E-state index is 13.3. The Morgan fingerprint density at radius 3 is 2.42 bits per heavy atom. The van der Waals surface area contributed by atoms with E-state index in [2.05, 4.69) is 17.1 Å². The minimum Gasteiger partial charge on any atom is -0.503 e. The summed E-state index contributed by atoms with van der Waals surface area (Å²) in [5.41, 5.74) is 1.11. The second-order valence-corrected chi connectivity index (χ2v) is 9.81. The fraction of sp³-hybridized carbons (Fsp3) is 0.387. The molecule has 4 rings (SSSR count). The number of aromatic hydroxyl groups is 1. The fourth-order valence-corrected chi connectivity index (χ4v) is 5.10. The molecule has 3 aromatic rings. The van der Waals surface area contributed by atoms with E-state index in [1.807, 2.05) is 55.5 Å². The van der Waals surface area contributed by atoms with Crippen molar-refractivity contribution in [1.82, 2.24) is 4.98 Å². The van der Waals surface area contributed by atoms with Crippen LogP contribution in [-0.2, 0) is 16.0 Å². The number of ether oxygens (including phenoxy) is 3. The molecule has 7 heteroatoms. The summed E-state index contributed by atoms with van der Waals surface area (Å²) < 4.78 is 17.5. The van der Waals surface area contributed by atoms with Gasteiger partial charge in [-0.2, -0.15) is 0 Å². The number of benzene rings is 2. The van der Waals surface area contributed by atoms with Crippen LogP contribution in [0, 0.1) is 11.8 Å². The van der Waals surface area contributed by atoms with Gasteiger partial charge in [0.05, 0.1) is 13.0 Å². The summed E-state index contributed by atoms with van der Waals surface area (Å²) in [6.07, 6.45) is 4.28. The van der Waals surface area contributed by atoms with Crippen LogP contribution in [0.3, 0.4) is 0 Å². The Kier molecular flexibility index (Phi) is 9.35. The van der Waals surface area contributed by atoms with Crippen LogP contribution >= 0.6 is 0 Å². The molecule has 0 spiro atoms. The number of nitrogens with zero attached hydrogens (tertiary/aromatic N) is 1. The largest absolute Gasteiger partial charge is 0.503 e. The third-order valence-corrected chi connectivity index (χ3v) is 7.10. The predicted molar refractivity (Wildman–Crippen MR) is 143 cm³/mol. The highest BCUT2D eigenvalue weighted by atomic mass is 16.6. The molecule has 1 saturated heterocycles. The SMILES string of the molecule is COc1ccnc(C(=O)C[C@H]2CCCC[C@H](Cc3ccccc3)[C@@H](Oc3ccccc3)[C@H](C)OC2=O)c1O. The molecule has 1 aliphatic heterocycles. The van der Waals surface area contributed by atoms with Crippen LogP contribution in [-0.4, -0.2) is 41.2 Å². The molecular weight excluding hydrogens is 482 g/mol. The molecule has 0 radical (unpaired) electrons. The van der Waals surface area contributed by atoms with Crippen molar-refractivity contribution >= 4 is 11.8 Å². The van der Waals surface area contributed by atoms with Gasteiger partial charge in [0.15, 0.2) is 23.0 Å². The van der Waals surface area contributed by atoms with E-state index >= 15 is 0 Å². The van der Waals surface area contributed by atoms with Gasteiger partial charge in [-0.25, -0.2) is 4.98 Å². The lowest BCUT2D eigenvalue weighted by molar-refractivity contribution is -0.160. The molecule has 200 valence electrons. The number of aromatic nitrogens is 1. The Bertz CT molecular complexity index is 1200. The van der Waals surface area contributed by atoms with E-state index in [4.69, 9.17) is 14.2 Å². The second kappa shape index (κ2) is 13.1. The van der Waals surface area contributed by atoms with Crippen LogP contribution in [0.1, 0.15) is 55.1 Å². The van der Waals surface area contributed by atoms with Crippen molar-refractivity contribution in [2.45, 2.75) is 57.7 Å². The summed E-state index contributed by atoms with van der Waals surface area (Å²) in [6, 6.07) is 21.3. The van der Waals surface area contributed by atoms with Crippen molar-refractivity contribution in [3.8, 4) is 17.2 Å². The molecule has 38 heavy (non-hydrogen) atoms. The zero-order valence-corrected chi connectivity index (χ0v) is 21.9. The number of ketones is 1. The molecule has 2 aromatic carbocycles. The Hall–Kier alpha value is -3.87. The Labute approximate surface area is 223 Å². The maximum Gasteiger partial charge on any atom is 0.309 e. The van der Waals surface area contributed by atoms with Gasteiger partial charge in [0.25, 0.3) is 0 Å². The van der Waals surface area contributed by atoms with E-state index in [1.54, 1.807) is 0 Å². The minimum absolute atomic E-state index is 0.100. The summed E-state index contributed by atoms with van der Waals surface area (Å²) in [7, 11) is 1.41. The number of hydrogen-bond acceptors (Lipinski definition) is 7. The quantitative estimate of drug-likeness (QED) is 0.298. The molecule has 1 N–H and O–H groups in total. The monoisotopic (exact) mass is 517 g/mol. The molecular formula is C31H35NO6. The first-order chi connectivity index (χ1) is 18.5. The average Bonchev–Trinajstić information content (AvgIpc) is 2.93. The number of carbonyl (C=O) groups excluding carboxylic acids is 2. The first-order valence-electron chi connectivity index (χ1n) is 13.2. The van der Waals surface area contributed by atoms with Crippen molar-refractivity contribution in [3.05, 3.63) is 84.2 Å². The van der Waals surface area contributed by atoms with Gasteiger partial charge < -0.3 is 19.3 Å². The van der Waals surface area contributed by atoms with Crippen molar-refractivity contribution in [2.24, 2.45) is 11.8 Å².